The quantitative estimate of drug-likeness (QED) is 0.305. The third-order valence-corrected chi connectivity index (χ3v) is 4.12. The van der Waals surface area contributed by atoms with Crippen molar-refractivity contribution in [3.05, 3.63) is 81.4 Å². The predicted molar refractivity (Wildman–Crippen MR) is 89.6 cm³/mol. The molecule has 1 amide bonds. The van der Waals surface area contributed by atoms with Gasteiger partial charge in [0.25, 0.3) is 17.4 Å². The van der Waals surface area contributed by atoms with Gasteiger partial charge in [0.05, 0.1) is 16.5 Å². The van der Waals surface area contributed by atoms with Gasteiger partial charge in [-0.3, -0.25) is 19.7 Å². The number of hydrogen-bond acceptors (Lipinski definition) is 5. The van der Waals surface area contributed by atoms with Crippen LogP contribution in [0.5, 0.6) is 0 Å². The monoisotopic (exact) mass is 338 g/mol. The van der Waals surface area contributed by atoms with Crippen molar-refractivity contribution in [1.82, 2.24) is 4.90 Å². The standard InChI is InChI=1S/C18H14N2O5/c1-19-15(12-8-5-9-13(10-12)20(24)25)14(17(22)18(19)23)16(21)11-6-3-2-4-7-11/h2-10,15,21H,1H3/b16-14+/t15-/m0/s1. The first-order valence-electron chi connectivity index (χ1n) is 7.46. The van der Waals surface area contributed by atoms with E-state index >= 15 is 0 Å². The zero-order valence-corrected chi connectivity index (χ0v) is 13.2. The number of nitro benzene ring substituents is 1. The van der Waals surface area contributed by atoms with Crippen molar-refractivity contribution in [2.45, 2.75) is 6.04 Å². The smallest absolute Gasteiger partial charge is 0.295 e. The Morgan fingerprint density at radius 1 is 1.12 bits per heavy atom. The van der Waals surface area contributed by atoms with Gasteiger partial charge in [0, 0.05) is 24.7 Å². The predicted octanol–water partition coefficient (Wildman–Crippen LogP) is 2.65. The molecule has 1 heterocycles. The van der Waals surface area contributed by atoms with E-state index in [2.05, 4.69) is 0 Å². The van der Waals surface area contributed by atoms with Crippen LogP contribution < -0.4 is 0 Å². The van der Waals surface area contributed by atoms with Gasteiger partial charge in [0.1, 0.15) is 5.76 Å². The third kappa shape index (κ3) is 2.76. The van der Waals surface area contributed by atoms with Crippen molar-refractivity contribution in [2.24, 2.45) is 0 Å². The van der Waals surface area contributed by atoms with E-state index in [-0.39, 0.29) is 17.0 Å². The molecule has 2 aromatic rings. The number of aliphatic hydroxyl groups excluding tert-OH is 1. The summed E-state index contributed by atoms with van der Waals surface area (Å²) in [6, 6.07) is 13.2. The van der Waals surface area contributed by atoms with E-state index in [1.165, 1.54) is 30.1 Å². The summed E-state index contributed by atoms with van der Waals surface area (Å²) in [5.41, 5.74) is 0.535. The van der Waals surface area contributed by atoms with Crippen LogP contribution in [0.4, 0.5) is 5.69 Å². The van der Waals surface area contributed by atoms with Crippen LogP contribution in [0.2, 0.25) is 0 Å². The molecule has 0 saturated carbocycles. The van der Waals surface area contributed by atoms with E-state index in [0.717, 1.165) is 0 Å². The molecule has 0 aliphatic carbocycles. The van der Waals surface area contributed by atoms with E-state index in [1.807, 2.05) is 0 Å². The number of carbonyl (C=O) groups is 2. The number of Topliss-reactive ketones (excluding diaryl/α,β-unsaturated/α-hetero) is 1. The first kappa shape index (κ1) is 16.4. The largest absolute Gasteiger partial charge is 0.507 e. The highest BCUT2D eigenvalue weighted by Crippen LogP contribution is 2.39. The Bertz CT molecular complexity index is 905. The van der Waals surface area contributed by atoms with E-state index in [9.17, 15) is 24.8 Å². The minimum Gasteiger partial charge on any atom is -0.507 e. The van der Waals surface area contributed by atoms with Crippen LogP contribution in [0, 0.1) is 10.1 Å². The molecule has 1 aliphatic heterocycles. The summed E-state index contributed by atoms with van der Waals surface area (Å²) >= 11 is 0. The third-order valence-electron chi connectivity index (χ3n) is 4.12. The number of non-ortho nitro benzene ring substituents is 1. The normalized spacial score (nSPS) is 19.2. The number of amides is 1. The van der Waals surface area contributed by atoms with Crippen LogP contribution in [-0.2, 0) is 9.59 Å². The van der Waals surface area contributed by atoms with Gasteiger partial charge < -0.3 is 10.0 Å². The van der Waals surface area contributed by atoms with Gasteiger partial charge in [0.15, 0.2) is 0 Å². The molecule has 0 bridgehead atoms. The van der Waals surface area contributed by atoms with Crippen LogP contribution in [0.3, 0.4) is 0 Å². The van der Waals surface area contributed by atoms with E-state index in [0.29, 0.717) is 11.1 Å². The summed E-state index contributed by atoms with van der Waals surface area (Å²) in [5.74, 6) is -1.89. The Morgan fingerprint density at radius 2 is 1.80 bits per heavy atom. The first-order valence-corrected chi connectivity index (χ1v) is 7.46. The van der Waals surface area contributed by atoms with Gasteiger partial charge in [-0.15, -0.1) is 0 Å². The van der Waals surface area contributed by atoms with Crippen molar-refractivity contribution in [3.63, 3.8) is 0 Å². The number of ketones is 1. The first-order chi connectivity index (χ1) is 11.9. The maximum absolute atomic E-state index is 12.4. The lowest BCUT2D eigenvalue weighted by atomic mass is 9.95. The molecule has 1 aliphatic rings. The fourth-order valence-electron chi connectivity index (χ4n) is 2.90. The lowest BCUT2D eigenvalue weighted by Gasteiger charge is -2.20. The van der Waals surface area contributed by atoms with E-state index < -0.39 is 22.7 Å². The van der Waals surface area contributed by atoms with Crippen LogP contribution in [0.1, 0.15) is 17.2 Å². The van der Waals surface area contributed by atoms with Gasteiger partial charge in [-0.25, -0.2) is 0 Å². The maximum Gasteiger partial charge on any atom is 0.295 e. The Labute approximate surface area is 143 Å². The number of nitro groups is 1. The lowest BCUT2D eigenvalue weighted by Crippen LogP contribution is -2.24. The molecule has 1 atom stereocenters. The lowest BCUT2D eigenvalue weighted by molar-refractivity contribution is -0.384. The van der Waals surface area contributed by atoms with Crippen molar-refractivity contribution < 1.29 is 19.6 Å². The summed E-state index contributed by atoms with van der Waals surface area (Å²) in [6.45, 7) is 0. The second-order valence-corrected chi connectivity index (χ2v) is 5.63. The maximum atomic E-state index is 12.4. The number of likely N-dealkylation sites (tertiary alicyclic amines) is 1. The van der Waals surface area contributed by atoms with Crippen molar-refractivity contribution in [2.75, 3.05) is 7.05 Å². The van der Waals surface area contributed by atoms with Crippen molar-refractivity contribution >= 4 is 23.1 Å². The number of hydrogen-bond donors (Lipinski definition) is 1. The summed E-state index contributed by atoms with van der Waals surface area (Å²) < 4.78 is 0. The minimum atomic E-state index is -0.889. The SMILES string of the molecule is CN1C(=O)C(=O)/C(=C(/O)c2ccccc2)[C@@H]1c1cccc([N+](=O)[O-])c1. The highest BCUT2D eigenvalue weighted by atomic mass is 16.6. The van der Waals surface area contributed by atoms with E-state index in [1.54, 1.807) is 36.4 Å². The second kappa shape index (κ2) is 6.20. The Morgan fingerprint density at radius 3 is 2.44 bits per heavy atom. The molecular weight excluding hydrogens is 324 g/mol. The molecule has 0 unspecified atom stereocenters. The molecule has 3 rings (SSSR count). The Kier molecular flexibility index (Phi) is 4.06. The van der Waals surface area contributed by atoms with Gasteiger partial charge in [0.2, 0.25) is 0 Å². The summed E-state index contributed by atoms with van der Waals surface area (Å²) in [7, 11) is 1.43. The number of rotatable bonds is 3. The molecular formula is C18H14N2O5. The number of likely N-dealkylation sites (N-methyl/N-ethyl adjacent to an activating group) is 1. The Balaban J connectivity index is 2.19. The van der Waals surface area contributed by atoms with Gasteiger partial charge in [-0.05, 0) is 5.56 Å². The van der Waals surface area contributed by atoms with Gasteiger partial charge >= 0.3 is 0 Å². The average molecular weight is 338 g/mol. The van der Waals surface area contributed by atoms with Crippen LogP contribution in [-0.4, -0.2) is 33.7 Å². The summed E-state index contributed by atoms with van der Waals surface area (Å²) in [4.78, 5) is 36.2. The fraction of sp³-hybridized carbons (Fsp3) is 0.111. The zero-order valence-electron chi connectivity index (χ0n) is 13.2. The van der Waals surface area contributed by atoms with Gasteiger partial charge in [-0.2, -0.15) is 0 Å². The number of aliphatic hydroxyl groups is 1. The number of benzene rings is 2. The molecule has 1 fully saturated rings. The van der Waals surface area contributed by atoms with Gasteiger partial charge in [-0.1, -0.05) is 42.5 Å². The van der Waals surface area contributed by atoms with Crippen molar-refractivity contribution in [1.29, 1.82) is 0 Å². The number of nitrogens with zero attached hydrogens (tertiary/aromatic N) is 2. The average Bonchev–Trinajstić information content (AvgIpc) is 2.86. The molecule has 2 aromatic carbocycles. The molecule has 0 aromatic heterocycles. The molecule has 0 spiro atoms. The minimum absolute atomic E-state index is 0.0841. The Hall–Kier alpha value is -3.48. The highest BCUT2D eigenvalue weighted by molar-refractivity contribution is 6.46. The summed E-state index contributed by atoms with van der Waals surface area (Å²) in [5, 5.41) is 21.6. The van der Waals surface area contributed by atoms with Crippen LogP contribution in [0.15, 0.2) is 60.2 Å². The number of carbonyl (C=O) groups excluding carboxylic acids is 2. The molecule has 126 valence electrons. The molecule has 25 heavy (non-hydrogen) atoms. The van der Waals surface area contributed by atoms with Crippen LogP contribution >= 0.6 is 0 Å². The highest BCUT2D eigenvalue weighted by Gasteiger charge is 2.44. The zero-order chi connectivity index (χ0) is 18.1. The molecule has 7 nitrogen and oxygen atoms in total. The van der Waals surface area contributed by atoms with Crippen molar-refractivity contribution in [3.8, 4) is 0 Å². The van der Waals surface area contributed by atoms with Crippen LogP contribution in [0.25, 0.3) is 5.76 Å². The molecule has 1 saturated heterocycles. The molecule has 0 radical (unpaired) electrons. The second-order valence-electron chi connectivity index (χ2n) is 5.63. The molecule has 1 N–H and O–H groups in total. The summed E-state index contributed by atoms with van der Waals surface area (Å²) in [6.07, 6.45) is 0. The fourth-order valence-corrected chi connectivity index (χ4v) is 2.90. The van der Waals surface area contributed by atoms with E-state index in [4.69, 9.17) is 0 Å². The topological polar surface area (TPSA) is 101 Å². The molecule has 7 heteroatoms.